The summed E-state index contributed by atoms with van der Waals surface area (Å²) in [6, 6.07) is 4.18. The van der Waals surface area contributed by atoms with Crippen molar-refractivity contribution in [1.29, 1.82) is 0 Å². The van der Waals surface area contributed by atoms with Gasteiger partial charge < -0.3 is 21.5 Å². The molecule has 7 N–H and O–H groups in total. The van der Waals surface area contributed by atoms with Crippen molar-refractivity contribution >= 4 is 63.4 Å². The lowest BCUT2D eigenvalue weighted by Gasteiger charge is -2.50. The number of nitrogens with two attached hydrogens (primary N) is 1. The van der Waals surface area contributed by atoms with E-state index in [1.54, 1.807) is 24.3 Å². The first kappa shape index (κ1) is 29.5. The lowest BCUT2D eigenvalue weighted by molar-refractivity contribution is -0.150. The van der Waals surface area contributed by atoms with E-state index >= 15 is 0 Å². The van der Waals surface area contributed by atoms with Gasteiger partial charge in [0.15, 0.2) is 0 Å². The molecule has 2 unspecified atom stereocenters. The van der Waals surface area contributed by atoms with E-state index in [9.17, 15) is 32.7 Å². The maximum atomic E-state index is 13.1. The van der Waals surface area contributed by atoms with Gasteiger partial charge in [0, 0.05) is 23.2 Å². The lowest BCUT2D eigenvalue weighted by Crippen LogP contribution is -2.71. The number of rotatable bonds is 13. The Labute approximate surface area is 236 Å². The van der Waals surface area contributed by atoms with Crippen LogP contribution in [0.3, 0.4) is 0 Å². The molecule has 0 radical (unpaired) electrons. The number of sulfonamides is 1. The summed E-state index contributed by atoms with van der Waals surface area (Å²) in [6.07, 6.45) is 1.72. The van der Waals surface area contributed by atoms with Crippen LogP contribution in [0.15, 0.2) is 40.7 Å². The third kappa shape index (κ3) is 6.61. The molecule has 16 nitrogen and oxygen atoms in total. The molecule has 0 aliphatic carbocycles. The molecule has 1 aromatic carbocycles. The molecule has 1 saturated heterocycles. The topological polar surface area (TPSA) is 242 Å². The number of carbonyl (C=O) groups excluding carboxylic acids is 3. The number of β-lactam (4-membered cyclic amide) rings is 1. The summed E-state index contributed by atoms with van der Waals surface area (Å²) in [7, 11) is -3.49. The summed E-state index contributed by atoms with van der Waals surface area (Å²) in [4.78, 5) is 50.0. The first-order chi connectivity index (χ1) is 19.0. The van der Waals surface area contributed by atoms with Crippen LogP contribution in [-0.4, -0.2) is 98.5 Å². The number of hydrogen-bond acceptors (Lipinski definition) is 12. The summed E-state index contributed by atoms with van der Waals surface area (Å²) < 4.78 is 25.5. The highest BCUT2D eigenvalue weighted by molar-refractivity contribution is 8.01. The van der Waals surface area contributed by atoms with Gasteiger partial charge in [-0.3, -0.25) is 19.3 Å². The molecule has 0 spiro atoms. The zero-order chi connectivity index (χ0) is 29.0. The van der Waals surface area contributed by atoms with Crippen LogP contribution in [0.25, 0.3) is 0 Å². The van der Waals surface area contributed by atoms with Crippen molar-refractivity contribution in [1.82, 2.24) is 35.6 Å². The number of nitrogens with zero attached hydrogens (tertiary/aromatic N) is 4. The fourth-order valence-electron chi connectivity index (χ4n) is 4.15. The highest BCUT2D eigenvalue weighted by atomic mass is 32.2. The van der Waals surface area contributed by atoms with Crippen molar-refractivity contribution in [2.75, 3.05) is 23.9 Å². The normalized spacial score (nSPS) is 20.2. The van der Waals surface area contributed by atoms with Crippen LogP contribution >= 0.6 is 23.5 Å². The molecule has 40 heavy (non-hydrogen) atoms. The highest BCUT2D eigenvalue weighted by Gasteiger charge is 2.55. The number of aromatic nitrogens is 4. The van der Waals surface area contributed by atoms with Gasteiger partial charge in [-0.2, -0.15) is 0 Å². The standard InChI is InChI=1S/C21H25N9O7S3/c1-40(36,37)24-7-6-13(39-21-26-28-29-27-21)12-8-38-19-15(18(33)30(19)16(12)20(34)35)25-17(32)14(22)10-2-4-11(5-3-10)23-9-31/h2-5,9,13-15,19,24H,6-8,22H2,1H3,(H,23,31)(H,25,32)(H,34,35)(H,26,27,28,29)/t13?,14?,15-,19+/m1/s1. The molecule has 2 aliphatic heterocycles. The Kier molecular flexibility index (Phi) is 9.08. The van der Waals surface area contributed by atoms with E-state index in [0.717, 1.165) is 22.9 Å². The molecule has 1 fully saturated rings. The Hall–Kier alpha value is -3.52. The minimum absolute atomic E-state index is 0.0132. The second-order valence-electron chi connectivity index (χ2n) is 8.71. The molecule has 214 valence electrons. The molecule has 2 aromatic rings. The number of amides is 3. The quantitative estimate of drug-likeness (QED) is 0.0869. The predicted octanol–water partition coefficient (Wildman–Crippen LogP) is -1.39. The molecule has 0 bridgehead atoms. The summed E-state index contributed by atoms with van der Waals surface area (Å²) >= 11 is 2.37. The van der Waals surface area contributed by atoms with E-state index < -0.39 is 50.5 Å². The van der Waals surface area contributed by atoms with Gasteiger partial charge in [-0.25, -0.2) is 23.0 Å². The van der Waals surface area contributed by atoms with Gasteiger partial charge in [-0.1, -0.05) is 23.9 Å². The molecular weight excluding hydrogens is 586 g/mol. The zero-order valence-electron chi connectivity index (χ0n) is 20.8. The summed E-state index contributed by atoms with van der Waals surface area (Å²) in [5, 5.41) is 27.6. The van der Waals surface area contributed by atoms with Crippen LogP contribution < -0.4 is 21.1 Å². The van der Waals surface area contributed by atoms with Gasteiger partial charge in [0.1, 0.15) is 23.2 Å². The van der Waals surface area contributed by atoms with Gasteiger partial charge in [0.05, 0.1) is 6.26 Å². The fourth-order valence-corrected chi connectivity index (χ4v) is 7.19. The number of benzene rings is 1. The third-order valence-corrected chi connectivity index (χ3v) is 9.25. The largest absolute Gasteiger partial charge is 0.477 e. The van der Waals surface area contributed by atoms with Crippen LogP contribution in [0.4, 0.5) is 5.69 Å². The second-order valence-corrected chi connectivity index (χ2v) is 12.8. The Morgan fingerprint density at radius 2 is 2.08 bits per heavy atom. The number of thioether (sulfide) groups is 2. The van der Waals surface area contributed by atoms with E-state index in [0.29, 0.717) is 23.2 Å². The van der Waals surface area contributed by atoms with Gasteiger partial charge in [0.2, 0.25) is 27.5 Å². The summed E-state index contributed by atoms with van der Waals surface area (Å²) in [5.74, 6) is -2.38. The number of tetrazole rings is 1. The molecule has 3 amide bonds. The van der Waals surface area contributed by atoms with Crippen molar-refractivity contribution in [2.24, 2.45) is 5.73 Å². The third-order valence-electron chi connectivity index (χ3n) is 6.02. The lowest BCUT2D eigenvalue weighted by atomic mass is 9.99. The molecule has 4 rings (SSSR count). The Bertz CT molecular complexity index is 1420. The zero-order valence-corrected chi connectivity index (χ0v) is 23.3. The Balaban J connectivity index is 1.51. The predicted molar refractivity (Wildman–Crippen MR) is 144 cm³/mol. The number of hydrogen-bond donors (Lipinski definition) is 6. The monoisotopic (exact) mass is 611 g/mol. The number of carboxylic acids is 1. The molecule has 19 heteroatoms. The molecule has 2 aliphatic rings. The van der Waals surface area contributed by atoms with Crippen LogP contribution in [0.1, 0.15) is 18.0 Å². The average molecular weight is 612 g/mol. The van der Waals surface area contributed by atoms with Crippen molar-refractivity contribution in [2.45, 2.75) is 34.3 Å². The van der Waals surface area contributed by atoms with E-state index in [4.69, 9.17) is 5.73 Å². The van der Waals surface area contributed by atoms with E-state index in [-0.39, 0.29) is 29.6 Å². The molecular formula is C21H25N9O7S3. The Morgan fingerprint density at radius 3 is 2.67 bits per heavy atom. The number of aliphatic carboxylic acids is 1. The maximum Gasteiger partial charge on any atom is 0.352 e. The number of anilines is 1. The fraction of sp³-hybridized carbons (Fsp3) is 0.381. The number of aromatic amines is 1. The molecule has 3 heterocycles. The minimum atomic E-state index is -3.49. The van der Waals surface area contributed by atoms with Crippen molar-refractivity contribution in [3.63, 3.8) is 0 Å². The van der Waals surface area contributed by atoms with Gasteiger partial charge >= 0.3 is 5.97 Å². The van der Waals surface area contributed by atoms with Gasteiger partial charge in [0.25, 0.3) is 5.91 Å². The van der Waals surface area contributed by atoms with Gasteiger partial charge in [-0.15, -0.1) is 16.9 Å². The van der Waals surface area contributed by atoms with Crippen molar-refractivity contribution < 1.29 is 32.7 Å². The van der Waals surface area contributed by atoms with Crippen LogP contribution in [0.5, 0.6) is 0 Å². The maximum absolute atomic E-state index is 13.1. The number of fused-ring (bicyclic) bond motifs is 1. The SMILES string of the molecule is CS(=O)(=O)NCCC(Sc1nnn[nH]1)C1=C(C(=O)O)N2C(=O)[C@@H](NC(=O)C(N)c3ccc(NC=O)cc3)[C@@H]2SC1. The number of H-pyrrole nitrogens is 1. The van der Waals surface area contributed by atoms with Crippen molar-refractivity contribution in [3.8, 4) is 0 Å². The smallest absolute Gasteiger partial charge is 0.352 e. The first-order valence-corrected chi connectivity index (χ1v) is 15.4. The molecule has 1 aromatic heterocycles. The van der Waals surface area contributed by atoms with Crippen LogP contribution in [-0.2, 0) is 29.2 Å². The van der Waals surface area contributed by atoms with Crippen LogP contribution in [0, 0.1) is 0 Å². The highest BCUT2D eigenvalue weighted by Crippen LogP contribution is 2.44. The minimum Gasteiger partial charge on any atom is -0.477 e. The number of nitrogens with one attached hydrogen (secondary N) is 4. The van der Waals surface area contributed by atoms with Gasteiger partial charge in [-0.05, 0) is 40.1 Å². The van der Waals surface area contributed by atoms with E-state index in [1.165, 1.54) is 11.8 Å². The van der Waals surface area contributed by atoms with Crippen LogP contribution in [0.2, 0.25) is 0 Å². The summed E-state index contributed by atoms with van der Waals surface area (Å²) in [5.41, 5.74) is 7.20. The second kappa shape index (κ2) is 12.3. The number of carbonyl (C=O) groups is 4. The molecule has 4 atom stereocenters. The average Bonchev–Trinajstić information content (AvgIpc) is 3.42. The molecule has 0 saturated carbocycles. The summed E-state index contributed by atoms with van der Waals surface area (Å²) in [6.45, 7) is 0.0132. The first-order valence-electron chi connectivity index (χ1n) is 11.6. The Morgan fingerprint density at radius 1 is 1.35 bits per heavy atom. The number of carboxylic acid groups (broad SMARTS) is 1. The van der Waals surface area contributed by atoms with Crippen molar-refractivity contribution in [3.05, 3.63) is 41.1 Å². The van der Waals surface area contributed by atoms with E-state index in [1.807, 2.05) is 0 Å². The van der Waals surface area contributed by atoms with E-state index in [2.05, 4.69) is 36.0 Å².